The molecule has 0 fully saturated rings. The summed E-state index contributed by atoms with van der Waals surface area (Å²) in [6.07, 6.45) is -1.75. The molecule has 0 radical (unpaired) electrons. The fraction of sp³-hybridized carbons (Fsp3) is 0.647. The van der Waals surface area contributed by atoms with Crippen molar-refractivity contribution in [1.82, 2.24) is 20.6 Å². The molecule has 5 N–H and O–H groups in total. The minimum atomic E-state index is -1.30. The summed E-state index contributed by atoms with van der Waals surface area (Å²) < 4.78 is 0. The van der Waals surface area contributed by atoms with Crippen molar-refractivity contribution < 1.29 is 24.9 Å². The van der Waals surface area contributed by atoms with Crippen LogP contribution in [-0.4, -0.2) is 49.5 Å². The zero-order valence-electron chi connectivity index (χ0n) is 15.7. The van der Waals surface area contributed by atoms with E-state index in [2.05, 4.69) is 20.6 Å². The molecule has 0 saturated carbocycles. The summed E-state index contributed by atoms with van der Waals surface area (Å²) in [6.45, 7) is 5.10. The normalized spacial score (nSPS) is 21.3. The average Bonchev–Trinajstić information content (AvgIpc) is 2.61. The molecule has 150 valence electrons. The Hall–Kier alpha value is -2.14. The van der Waals surface area contributed by atoms with E-state index in [-0.39, 0.29) is 41.9 Å². The maximum atomic E-state index is 12.7. The van der Waals surface area contributed by atoms with Crippen molar-refractivity contribution in [2.75, 3.05) is 4.90 Å². The molecular weight excluding hydrogens is 354 g/mol. The van der Waals surface area contributed by atoms with E-state index >= 15 is 0 Å². The van der Waals surface area contributed by atoms with Crippen LogP contribution in [0.5, 0.6) is 0 Å². The Bertz CT molecular complexity index is 684. The lowest BCUT2D eigenvalue weighted by Crippen LogP contribution is -2.62. The van der Waals surface area contributed by atoms with Gasteiger partial charge in [0.05, 0.1) is 18.0 Å². The summed E-state index contributed by atoms with van der Waals surface area (Å²) in [5, 5.41) is 35.4. The summed E-state index contributed by atoms with van der Waals surface area (Å²) >= 11 is 0. The lowest BCUT2D eigenvalue weighted by molar-refractivity contribution is -0.123. The number of carbonyl (C=O) groups excluding carboxylic acids is 2. The Kier molecular flexibility index (Phi) is 7.19. The van der Waals surface area contributed by atoms with E-state index in [9.17, 15) is 24.9 Å². The van der Waals surface area contributed by atoms with Crippen molar-refractivity contribution in [3.05, 3.63) is 17.6 Å². The van der Waals surface area contributed by atoms with Crippen LogP contribution in [-0.2, 0) is 9.59 Å². The van der Waals surface area contributed by atoms with E-state index in [1.165, 1.54) is 18.0 Å². The number of aliphatic hydroxyl groups excluding tert-OH is 3. The molecule has 0 bridgehead atoms. The topological polar surface area (TPSA) is 148 Å². The molecule has 0 aliphatic carbocycles. The van der Waals surface area contributed by atoms with Crippen LogP contribution in [0.1, 0.15) is 70.2 Å². The van der Waals surface area contributed by atoms with Gasteiger partial charge in [-0.1, -0.05) is 13.8 Å². The van der Waals surface area contributed by atoms with Gasteiger partial charge in [-0.05, 0) is 19.8 Å². The number of amides is 2. The number of rotatable bonds is 7. The number of hydrogen-bond donors (Lipinski definition) is 5. The second-order valence-electron chi connectivity index (χ2n) is 6.49. The fourth-order valence-electron chi connectivity index (χ4n) is 2.74. The molecule has 2 amide bonds. The number of carbonyl (C=O) groups is 2. The Morgan fingerprint density at radius 1 is 1.30 bits per heavy atom. The highest BCUT2D eigenvalue weighted by Gasteiger charge is 2.38. The van der Waals surface area contributed by atoms with Crippen LogP contribution < -0.4 is 15.5 Å². The van der Waals surface area contributed by atoms with Crippen molar-refractivity contribution in [2.24, 2.45) is 0 Å². The molecule has 0 aromatic carbocycles. The van der Waals surface area contributed by atoms with Gasteiger partial charge in [0.1, 0.15) is 11.8 Å². The van der Waals surface area contributed by atoms with Gasteiger partial charge in [0.2, 0.25) is 11.8 Å². The molecule has 1 aromatic rings. The largest absolute Gasteiger partial charge is 0.390 e. The van der Waals surface area contributed by atoms with Crippen LogP contribution in [0.2, 0.25) is 0 Å². The quantitative estimate of drug-likeness (QED) is 0.437. The van der Waals surface area contributed by atoms with E-state index in [4.69, 9.17) is 0 Å². The standard InChI is InChI=1S/C17H27N5O5/c1-4-6-11(24)20-17-21-16(27)13-15(22(17)12(25)7-5-2)19-10(8-18-13)14(26)9(3)23/h8-9,14,16-17,21,23,26-27H,4-7H2,1-3H3,(H,20,24). The lowest BCUT2D eigenvalue weighted by Gasteiger charge is -2.39. The SMILES string of the molecule is CCCC(=O)NC1NC(O)c2ncc(C(O)C(C)O)nc2N1C(=O)CCC. The van der Waals surface area contributed by atoms with E-state index in [1.54, 1.807) is 0 Å². The number of aromatic nitrogens is 2. The van der Waals surface area contributed by atoms with Crippen LogP contribution in [0.15, 0.2) is 6.20 Å². The highest BCUT2D eigenvalue weighted by atomic mass is 16.3. The Morgan fingerprint density at radius 3 is 2.56 bits per heavy atom. The molecule has 10 nitrogen and oxygen atoms in total. The smallest absolute Gasteiger partial charge is 0.230 e. The minimum absolute atomic E-state index is 0.0405. The zero-order valence-corrected chi connectivity index (χ0v) is 15.7. The summed E-state index contributed by atoms with van der Waals surface area (Å²) in [5.74, 6) is -0.565. The molecule has 27 heavy (non-hydrogen) atoms. The van der Waals surface area contributed by atoms with Gasteiger partial charge in [-0.15, -0.1) is 0 Å². The van der Waals surface area contributed by atoms with E-state index in [1.807, 2.05) is 13.8 Å². The Labute approximate surface area is 157 Å². The monoisotopic (exact) mass is 381 g/mol. The molecule has 2 rings (SSSR count). The second kappa shape index (κ2) is 9.18. The molecule has 4 atom stereocenters. The van der Waals surface area contributed by atoms with Gasteiger partial charge in [-0.25, -0.2) is 10.3 Å². The average molecular weight is 381 g/mol. The maximum absolute atomic E-state index is 12.7. The highest BCUT2D eigenvalue weighted by molar-refractivity contribution is 5.94. The van der Waals surface area contributed by atoms with Gasteiger partial charge < -0.3 is 20.6 Å². The van der Waals surface area contributed by atoms with E-state index < -0.39 is 24.7 Å². The first kappa shape index (κ1) is 21.2. The first-order chi connectivity index (χ1) is 12.8. The predicted molar refractivity (Wildman–Crippen MR) is 96.0 cm³/mol. The zero-order chi connectivity index (χ0) is 20.1. The first-order valence-electron chi connectivity index (χ1n) is 9.08. The number of nitrogens with zero attached hydrogens (tertiary/aromatic N) is 3. The second-order valence-corrected chi connectivity index (χ2v) is 6.49. The summed E-state index contributed by atoms with van der Waals surface area (Å²) in [5.41, 5.74) is 0.160. The van der Waals surface area contributed by atoms with Crippen LogP contribution in [0.4, 0.5) is 5.82 Å². The number of nitrogens with one attached hydrogen (secondary N) is 2. The third kappa shape index (κ3) is 4.78. The molecule has 1 aliphatic heterocycles. The fourth-order valence-corrected chi connectivity index (χ4v) is 2.74. The van der Waals surface area contributed by atoms with Gasteiger partial charge in [0, 0.05) is 12.8 Å². The number of fused-ring (bicyclic) bond motifs is 1. The number of hydrogen-bond acceptors (Lipinski definition) is 8. The van der Waals surface area contributed by atoms with E-state index in [0.29, 0.717) is 12.8 Å². The Morgan fingerprint density at radius 2 is 1.96 bits per heavy atom. The van der Waals surface area contributed by atoms with Gasteiger partial charge in [-0.2, -0.15) is 0 Å². The van der Waals surface area contributed by atoms with Crippen LogP contribution in [0.25, 0.3) is 0 Å². The van der Waals surface area contributed by atoms with Gasteiger partial charge in [0.15, 0.2) is 18.3 Å². The maximum Gasteiger partial charge on any atom is 0.230 e. The third-order valence-corrected chi connectivity index (χ3v) is 4.13. The lowest BCUT2D eigenvalue weighted by atomic mass is 10.1. The summed E-state index contributed by atoms with van der Waals surface area (Å²) in [6, 6.07) is 0. The minimum Gasteiger partial charge on any atom is -0.390 e. The molecular formula is C17H27N5O5. The van der Waals surface area contributed by atoms with Gasteiger partial charge in [-0.3, -0.25) is 19.5 Å². The van der Waals surface area contributed by atoms with Gasteiger partial charge in [0.25, 0.3) is 0 Å². The van der Waals surface area contributed by atoms with Crippen molar-refractivity contribution in [3.8, 4) is 0 Å². The molecule has 0 saturated heterocycles. The molecule has 1 aromatic heterocycles. The van der Waals surface area contributed by atoms with Crippen molar-refractivity contribution in [3.63, 3.8) is 0 Å². The molecule has 10 heteroatoms. The first-order valence-corrected chi connectivity index (χ1v) is 9.08. The molecule has 2 heterocycles. The molecule has 0 spiro atoms. The van der Waals surface area contributed by atoms with Gasteiger partial charge >= 0.3 is 0 Å². The third-order valence-electron chi connectivity index (χ3n) is 4.13. The van der Waals surface area contributed by atoms with Crippen molar-refractivity contribution >= 4 is 17.6 Å². The Balaban J connectivity index is 2.46. The number of aliphatic hydroxyl groups is 3. The highest BCUT2D eigenvalue weighted by Crippen LogP contribution is 2.30. The van der Waals surface area contributed by atoms with Crippen LogP contribution in [0.3, 0.4) is 0 Å². The summed E-state index contributed by atoms with van der Waals surface area (Å²) in [4.78, 5) is 34.3. The summed E-state index contributed by atoms with van der Waals surface area (Å²) in [7, 11) is 0. The van der Waals surface area contributed by atoms with Crippen LogP contribution >= 0.6 is 0 Å². The predicted octanol–water partition coefficient (Wildman–Crippen LogP) is -0.182. The van der Waals surface area contributed by atoms with Crippen molar-refractivity contribution in [1.29, 1.82) is 0 Å². The number of anilines is 1. The molecule has 1 aliphatic rings. The van der Waals surface area contributed by atoms with Crippen LogP contribution in [0, 0.1) is 0 Å². The molecule has 4 unspecified atom stereocenters. The van der Waals surface area contributed by atoms with E-state index in [0.717, 1.165) is 0 Å². The van der Waals surface area contributed by atoms with Crippen molar-refractivity contribution in [2.45, 2.75) is 71.2 Å².